The number of aldehydes is 1. The minimum absolute atomic E-state index is 0.110. The Morgan fingerprint density at radius 2 is 1.85 bits per heavy atom. The van der Waals surface area contributed by atoms with Crippen LogP contribution in [0.5, 0.6) is 11.5 Å². The van der Waals surface area contributed by atoms with Crippen molar-refractivity contribution in [3.8, 4) is 17.6 Å². The molecule has 0 N–H and O–H groups in total. The molecule has 0 amide bonds. The lowest BCUT2D eigenvalue weighted by atomic mass is 9.65. The van der Waals surface area contributed by atoms with Crippen LogP contribution in [0.25, 0.3) is 5.57 Å². The molecule has 3 aromatic rings. The fraction of sp³-hybridized carbons (Fsp3) is 0.395. The third-order valence-corrected chi connectivity index (χ3v) is 9.17. The van der Waals surface area contributed by atoms with Crippen LogP contribution in [0, 0.1) is 16.7 Å². The Bertz CT molecular complexity index is 1640. The summed E-state index contributed by atoms with van der Waals surface area (Å²) in [4.78, 5) is 18.5. The first-order valence-corrected chi connectivity index (χ1v) is 16.4. The van der Waals surface area contributed by atoms with E-state index in [0.717, 1.165) is 37.2 Å². The van der Waals surface area contributed by atoms with Gasteiger partial charge in [-0.15, -0.1) is 0 Å². The van der Waals surface area contributed by atoms with E-state index < -0.39 is 11.0 Å². The van der Waals surface area contributed by atoms with Crippen molar-refractivity contribution >= 4 is 23.5 Å². The van der Waals surface area contributed by atoms with Crippen molar-refractivity contribution in [2.24, 2.45) is 5.41 Å². The fourth-order valence-corrected chi connectivity index (χ4v) is 6.61. The molecule has 1 unspecified atom stereocenters. The van der Waals surface area contributed by atoms with Crippen LogP contribution in [-0.2, 0) is 16.1 Å². The van der Waals surface area contributed by atoms with Gasteiger partial charge in [0, 0.05) is 55.7 Å². The SMILES string of the molecule is C[C@@H]1CN(CCCOC2(COc3cc(OCc4cncc(C#N)c4)c(C=O)cc3Cl)C=CC=C(c3ccccc3)C2(C)C)C[C@H](C)O1. The van der Waals surface area contributed by atoms with Gasteiger partial charge < -0.3 is 18.9 Å². The maximum Gasteiger partial charge on any atom is 0.153 e. The standard InChI is InChI=1S/C38H42ClN3O5/c1-27-22-42(23-28(2)47-27)14-9-15-46-38(13-8-12-33(37(38,3)4)31-10-6-5-7-11-31)26-45-36-18-35(32(24-43)17-34(36)39)44-25-30-16-29(19-40)20-41-21-30/h5-8,10-13,16-18,20-21,24,27-28H,9,14-15,22-23,25-26H2,1-4H3/t27-,28+,38?. The van der Waals surface area contributed by atoms with Crippen LogP contribution in [0.15, 0.2) is 79.2 Å². The third-order valence-electron chi connectivity index (χ3n) is 8.87. The Morgan fingerprint density at radius 3 is 2.57 bits per heavy atom. The van der Waals surface area contributed by atoms with E-state index in [1.165, 1.54) is 12.3 Å². The smallest absolute Gasteiger partial charge is 0.153 e. The predicted octanol–water partition coefficient (Wildman–Crippen LogP) is 7.31. The summed E-state index contributed by atoms with van der Waals surface area (Å²) in [5, 5.41) is 9.50. The lowest BCUT2D eigenvalue weighted by molar-refractivity contribution is -0.0980. The summed E-state index contributed by atoms with van der Waals surface area (Å²) in [6.45, 7) is 12.1. The largest absolute Gasteiger partial charge is 0.488 e. The summed E-state index contributed by atoms with van der Waals surface area (Å²) >= 11 is 6.66. The Morgan fingerprint density at radius 1 is 1.09 bits per heavy atom. The van der Waals surface area contributed by atoms with E-state index in [1.807, 2.05) is 24.3 Å². The Hall–Kier alpha value is -4.00. The minimum Gasteiger partial charge on any atom is -0.488 e. The van der Waals surface area contributed by atoms with E-state index >= 15 is 0 Å². The molecule has 5 rings (SSSR count). The zero-order valence-electron chi connectivity index (χ0n) is 27.4. The van der Waals surface area contributed by atoms with Crippen LogP contribution >= 0.6 is 11.6 Å². The number of carbonyl (C=O) groups is 1. The second-order valence-electron chi connectivity index (χ2n) is 12.7. The number of ether oxygens (including phenoxy) is 4. The molecule has 1 fully saturated rings. The Balaban J connectivity index is 1.37. The molecule has 2 aromatic carbocycles. The zero-order valence-corrected chi connectivity index (χ0v) is 28.2. The summed E-state index contributed by atoms with van der Waals surface area (Å²) in [7, 11) is 0. The molecule has 3 atom stereocenters. The van der Waals surface area contributed by atoms with Crippen molar-refractivity contribution in [2.75, 3.05) is 32.8 Å². The van der Waals surface area contributed by atoms with Crippen molar-refractivity contribution in [1.82, 2.24) is 9.88 Å². The van der Waals surface area contributed by atoms with Crippen LogP contribution < -0.4 is 9.47 Å². The fourth-order valence-electron chi connectivity index (χ4n) is 6.38. The number of rotatable bonds is 13. The number of hydrogen-bond acceptors (Lipinski definition) is 8. The summed E-state index contributed by atoms with van der Waals surface area (Å²) in [6.07, 6.45) is 11.3. The van der Waals surface area contributed by atoms with Gasteiger partial charge in [0.1, 0.15) is 36.4 Å². The second-order valence-corrected chi connectivity index (χ2v) is 13.2. The van der Waals surface area contributed by atoms with Crippen molar-refractivity contribution in [3.63, 3.8) is 0 Å². The molecule has 2 heterocycles. The number of hydrogen-bond donors (Lipinski definition) is 0. The highest BCUT2D eigenvalue weighted by Gasteiger charge is 2.49. The van der Waals surface area contributed by atoms with Crippen LogP contribution in [-0.4, -0.2) is 66.8 Å². The van der Waals surface area contributed by atoms with E-state index in [1.54, 1.807) is 18.3 Å². The van der Waals surface area contributed by atoms with E-state index in [4.69, 9.17) is 30.5 Å². The summed E-state index contributed by atoms with van der Waals surface area (Å²) in [5.74, 6) is 0.685. The molecule has 0 radical (unpaired) electrons. The minimum atomic E-state index is -0.838. The molecule has 8 nitrogen and oxygen atoms in total. The summed E-state index contributed by atoms with van der Waals surface area (Å²) < 4.78 is 25.3. The van der Waals surface area contributed by atoms with Crippen LogP contribution in [0.1, 0.15) is 61.2 Å². The molecular formula is C38H42ClN3O5. The highest BCUT2D eigenvalue weighted by molar-refractivity contribution is 6.32. The van der Waals surface area contributed by atoms with Gasteiger partial charge in [-0.2, -0.15) is 5.26 Å². The van der Waals surface area contributed by atoms with Crippen LogP contribution in [0.2, 0.25) is 5.02 Å². The van der Waals surface area contributed by atoms with Gasteiger partial charge in [-0.25, -0.2) is 0 Å². The highest BCUT2D eigenvalue weighted by Crippen LogP contribution is 2.49. The number of pyridine rings is 1. The molecule has 47 heavy (non-hydrogen) atoms. The van der Waals surface area contributed by atoms with Crippen molar-refractivity contribution < 1.29 is 23.7 Å². The molecule has 0 bridgehead atoms. The number of benzene rings is 2. The number of aromatic nitrogens is 1. The molecule has 1 saturated heterocycles. The maximum atomic E-state index is 11.9. The van der Waals surface area contributed by atoms with Crippen molar-refractivity contribution in [1.29, 1.82) is 5.26 Å². The molecule has 246 valence electrons. The van der Waals surface area contributed by atoms with Gasteiger partial charge in [-0.3, -0.25) is 14.7 Å². The molecule has 9 heteroatoms. The predicted molar refractivity (Wildman–Crippen MR) is 183 cm³/mol. The zero-order chi connectivity index (χ0) is 33.4. The highest BCUT2D eigenvalue weighted by atomic mass is 35.5. The number of allylic oxidation sites excluding steroid dienone is 2. The van der Waals surface area contributed by atoms with Gasteiger partial charge in [-0.1, -0.05) is 67.9 Å². The average Bonchev–Trinajstić information content (AvgIpc) is 3.06. The monoisotopic (exact) mass is 655 g/mol. The molecule has 1 aromatic heterocycles. The first-order valence-electron chi connectivity index (χ1n) is 16.0. The Labute approximate surface area is 282 Å². The van der Waals surface area contributed by atoms with Crippen LogP contribution in [0.4, 0.5) is 0 Å². The molecule has 1 aliphatic heterocycles. The van der Waals surface area contributed by atoms with Gasteiger partial charge in [-0.05, 0) is 49.6 Å². The molecular weight excluding hydrogens is 614 g/mol. The maximum absolute atomic E-state index is 11.9. The lowest BCUT2D eigenvalue weighted by Gasteiger charge is -2.47. The summed E-state index contributed by atoms with van der Waals surface area (Å²) in [6, 6.07) is 17.2. The number of halogens is 1. The first kappa shape index (κ1) is 34.3. The van der Waals surface area contributed by atoms with Gasteiger partial charge in [0.05, 0.1) is 28.4 Å². The van der Waals surface area contributed by atoms with Gasteiger partial charge >= 0.3 is 0 Å². The normalized spacial score (nSPS) is 22.3. The van der Waals surface area contributed by atoms with Gasteiger partial charge in [0.15, 0.2) is 6.29 Å². The molecule has 0 spiro atoms. The van der Waals surface area contributed by atoms with Gasteiger partial charge in [0.2, 0.25) is 0 Å². The van der Waals surface area contributed by atoms with E-state index in [2.05, 4.69) is 67.9 Å². The number of nitrogens with zero attached hydrogens (tertiary/aromatic N) is 3. The van der Waals surface area contributed by atoms with E-state index in [-0.39, 0.29) is 36.0 Å². The molecule has 0 saturated carbocycles. The van der Waals surface area contributed by atoms with E-state index in [9.17, 15) is 10.1 Å². The molecule has 1 aliphatic carbocycles. The third kappa shape index (κ3) is 8.11. The summed E-state index contributed by atoms with van der Waals surface area (Å²) in [5.41, 5.74) is 2.34. The second kappa shape index (κ2) is 15.3. The van der Waals surface area contributed by atoms with Crippen molar-refractivity contribution in [2.45, 2.75) is 58.5 Å². The van der Waals surface area contributed by atoms with Crippen LogP contribution in [0.3, 0.4) is 0 Å². The first-order chi connectivity index (χ1) is 22.6. The topological polar surface area (TPSA) is 93.9 Å². The number of carbonyl (C=O) groups excluding carboxylic acids is 1. The Kier molecular flexibility index (Phi) is 11.2. The number of nitriles is 1. The van der Waals surface area contributed by atoms with Crippen molar-refractivity contribution in [3.05, 3.63) is 106 Å². The lowest BCUT2D eigenvalue weighted by Crippen LogP contribution is -2.52. The van der Waals surface area contributed by atoms with Gasteiger partial charge in [0.25, 0.3) is 0 Å². The number of morpholine rings is 1. The van der Waals surface area contributed by atoms with E-state index in [0.29, 0.717) is 35.5 Å². The quantitative estimate of drug-likeness (QED) is 0.140. The molecule has 2 aliphatic rings. The average molecular weight is 656 g/mol.